The Morgan fingerprint density at radius 2 is 1.21 bits per heavy atom. The third-order valence-corrected chi connectivity index (χ3v) is 5.65. The summed E-state index contributed by atoms with van der Waals surface area (Å²) in [7, 11) is -4.86. The van der Waals surface area contributed by atoms with Crippen molar-refractivity contribution in [3.8, 4) is 0 Å². The van der Waals surface area contributed by atoms with Crippen molar-refractivity contribution in [2.75, 3.05) is 5.32 Å². The largest absolute Gasteiger partial charge is 0.341 e. The predicted octanol–water partition coefficient (Wildman–Crippen LogP) is 4.45. The summed E-state index contributed by atoms with van der Waals surface area (Å²) in [6.45, 7) is 0. The molecule has 3 rings (SSSR count). The fraction of sp³-hybridized carbons (Fsp3) is 0.0952. The standard InChI is InChI=1S/C21H17F2NO3S/c22-21(23)28(26,27)18-14-8-7-13-17(18)24-20(25)19(15-9-3-1-4-10-15)16-11-5-2-6-12-16/h1-14,19,21H,(H,24,25). The molecule has 28 heavy (non-hydrogen) atoms. The molecule has 0 aromatic heterocycles. The Labute approximate surface area is 161 Å². The first kappa shape index (κ1) is 19.7. The van der Waals surface area contributed by atoms with E-state index in [9.17, 15) is 22.0 Å². The van der Waals surface area contributed by atoms with Crippen molar-refractivity contribution in [3.63, 3.8) is 0 Å². The third-order valence-electron chi connectivity index (χ3n) is 4.21. The van der Waals surface area contributed by atoms with E-state index in [4.69, 9.17) is 0 Å². The Balaban J connectivity index is 2.01. The second-order valence-electron chi connectivity index (χ2n) is 6.05. The highest BCUT2D eigenvalue weighted by molar-refractivity contribution is 7.91. The van der Waals surface area contributed by atoms with Crippen LogP contribution in [0.4, 0.5) is 14.5 Å². The highest BCUT2D eigenvalue weighted by Crippen LogP contribution is 2.30. The topological polar surface area (TPSA) is 63.2 Å². The number of amides is 1. The molecule has 0 fully saturated rings. The zero-order valence-electron chi connectivity index (χ0n) is 14.6. The summed E-state index contributed by atoms with van der Waals surface area (Å²) in [5.74, 6) is -4.83. The van der Waals surface area contributed by atoms with Crippen LogP contribution in [0.1, 0.15) is 17.0 Å². The molecule has 0 saturated carbocycles. The SMILES string of the molecule is O=C(Nc1ccccc1S(=O)(=O)C(F)F)C(c1ccccc1)c1ccccc1. The minimum Gasteiger partial charge on any atom is -0.324 e. The number of nitrogens with one attached hydrogen (secondary N) is 1. The third kappa shape index (κ3) is 4.09. The van der Waals surface area contributed by atoms with Crippen molar-refractivity contribution in [1.29, 1.82) is 0 Å². The Hall–Kier alpha value is -3.06. The lowest BCUT2D eigenvalue weighted by molar-refractivity contribution is -0.116. The molecule has 0 radical (unpaired) electrons. The highest BCUT2D eigenvalue weighted by Gasteiger charge is 2.30. The van der Waals surface area contributed by atoms with Gasteiger partial charge in [-0.05, 0) is 23.3 Å². The van der Waals surface area contributed by atoms with E-state index < -0.39 is 32.3 Å². The van der Waals surface area contributed by atoms with Crippen molar-refractivity contribution in [2.24, 2.45) is 0 Å². The summed E-state index contributed by atoms with van der Waals surface area (Å²) >= 11 is 0. The summed E-state index contributed by atoms with van der Waals surface area (Å²) in [6, 6.07) is 23.0. The first-order valence-corrected chi connectivity index (χ1v) is 9.97. The maximum atomic E-state index is 13.1. The number of alkyl halides is 2. The number of carbonyl (C=O) groups is 1. The van der Waals surface area contributed by atoms with Crippen LogP contribution in [-0.4, -0.2) is 20.1 Å². The van der Waals surface area contributed by atoms with Crippen molar-refractivity contribution in [2.45, 2.75) is 16.6 Å². The van der Waals surface area contributed by atoms with E-state index in [0.29, 0.717) is 11.1 Å². The minimum atomic E-state index is -4.86. The van der Waals surface area contributed by atoms with Gasteiger partial charge in [0.1, 0.15) is 0 Å². The van der Waals surface area contributed by atoms with E-state index in [1.165, 1.54) is 18.2 Å². The van der Waals surface area contributed by atoms with E-state index in [1.54, 1.807) is 48.5 Å². The van der Waals surface area contributed by atoms with E-state index >= 15 is 0 Å². The van der Waals surface area contributed by atoms with E-state index in [1.807, 2.05) is 12.1 Å². The number of rotatable bonds is 6. The minimum absolute atomic E-state index is 0.176. The summed E-state index contributed by atoms with van der Waals surface area (Å²) in [5.41, 5.74) is 1.21. The second kappa shape index (κ2) is 8.31. The normalized spacial score (nSPS) is 11.6. The van der Waals surface area contributed by atoms with Crippen LogP contribution >= 0.6 is 0 Å². The van der Waals surface area contributed by atoms with Gasteiger partial charge in [-0.25, -0.2) is 8.42 Å². The number of hydrogen-bond donors (Lipinski definition) is 1. The molecule has 0 saturated heterocycles. The Morgan fingerprint density at radius 1 is 0.750 bits per heavy atom. The van der Waals surface area contributed by atoms with Gasteiger partial charge in [0.25, 0.3) is 0 Å². The zero-order chi connectivity index (χ0) is 20.1. The van der Waals surface area contributed by atoms with Gasteiger partial charge in [-0.1, -0.05) is 72.8 Å². The van der Waals surface area contributed by atoms with Gasteiger partial charge in [0, 0.05) is 0 Å². The molecule has 0 spiro atoms. The van der Waals surface area contributed by atoms with Gasteiger partial charge >= 0.3 is 5.76 Å². The number of benzene rings is 3. The molecule has 0 atom stereocenters. The van der Waals surface area contributed by atoms with Crippen LogP contribution in [0.2, 0.25) is 0 Å². The second-order valence-corrected chi connectivity index (χ2v) is 7.93. The first-order valence-electron chi connectivity index (χ1n) is 8.43. The van der Waals surface area contributed by atoms with Crippen LogP contribution in [0.5, 0.6) is 0 Å². The fourth-order valence-electron chi connectivity index (χ4n) is 2.91. The van der Waals surface area contributed by atoms with Crippen LogP contribution in [0.25, 0.3) is 0 Å². The number of anilines is 1. The van der Waals surface area contributed by atoms with E-state index in [0.717, 1.165) is 6.07 Å². The number of para-hydroxylation sites is 1. The van der Waals surface area contributed by atoms with E-state index in [-0.39, 0.29) is 5.69 Å². The molecule has 1 amide bonds. The monoisotopic (exact) mass is 401 g/mol. The molecule has 3 aromatic rings. The van der Waals surface area contributed by atoms with Gasteiger partial charge in [0.2, 0.25) is 15.7 Å². The van der Waals surface area contributed by atoms with Crippen molar-refractivity contribution >= 4 is 21.4 Å². The molecule has 144 valence electrons. The van der Waals surface area contributed by atoms with Gasteiger partial charge in [-0.2, -0.15) is 8.78 Å². The lowest BCUT2D eigenvalue weighted by Gasteiger charge is -2.19. The highest BCUT2D eigenvalue weighted by atomic mass is 32.2. The average Bonchev–Trinajstić information content (AvgIpc) is 2.70. The van der Waals surface area contributed by atoms with Crippen LogP contribution in [0.15, 0.2) is 89.8 Å². The number of carbonyl (C=O) groups excluding carboxylic acids is 1. The predicted molar refractivity (Wildman–Crippen MR) is 103 cm³/mol. The van der Waals surface area contributed by atoms with Gasteiger partial charge < -0.3 is 5.32 Å². The molecule has 0 unspecified atom stereocenters. The molecule has 7 heteroatoms. The Morgan fingerprint density at radius 3 is 1.71 bits per heavy atom. The summed E-state index contributed by atoms with van der Waals surface area (Å²) in [5, 5.41) is 2.52. The molecule has 1 N–H and O–H groups in total. The zero-order valence-corrected chi connectivity index (χ0v) is 15.4. The molecule has 4 nitrogen and oxygen atoms in total. The van der Waals surface area contributed by atoms with Gasteiger partial charge in [0.15, 0.2) is 0 Å². The van der Waals surface area contributed by atoms with Crippen LogP contribution in [-0.2, 0) is 14.6 Å². The molecule has 0 aliphatic carbocycles. The smallest absolute Gasteiger partial charge is 0.324 e. The molecule has 3 aromatic carbocycles. The van der Waals surface area contributed by atoms with Crippen LogP contribution < -0.4 is 5.32 Å². The maximum Gasteiger partial charge on any atom is 0.341 e. The number of sulfone groups is 1. The molecule has 0 bridgehead atoms. The summed E-state index contributed by atoms with van der Waals surface area (Å²) in [6.07, 6.45) is 0. The van der Waals surface area contributed by atoms with Crippen molar-refractivity contribution < 1.29 is 22.0 Å². The quantitative estimate of drug-likeness (QED) is 0.664. The number of halogens is 2. The lowest BCUT2D eigenvalue weighted by atomic mass is 9.90. The van der Waals surface area contributed by atoms with Crippen LogP contribution in [0, 0.1) is 0 Å². The fourth-order valence-corrected chi connectivity index (χ4v) is 3.79. The summed E-state index contributed by atoms with van der Waals surface area (Å²) in [4.78, 5) is 12.5. The van der Waals surface area contributed by atoms with Gasteiger partial charge in [-0.3, -0.25) is 4.79 Å². The van der Waals surface area contributed by atoms with Gasteiger partial charge in [0.05, 0.1) is 16.5 Å². The Bertz CT molecular complexity index is 1020. The molecule has 0 aliphatic rings. The molecule has 0 heterocycles. The molecular weight excluding hydrogens is 384 g/mol. The molecular formula is C21H17F2NO3S. The average molecular weight is 401 g/mol. The van der Waals surface area contributed by atoms with Crippen LogP contribution in [0.3, 0.4) is 0 Å². The lowest BCUT2D eigenvalue weighted by Crippen LogP contribution is -2.24. The molecule has 0 aliphatic heterocycles. The van der Waals surface area contributed by atoms with E-state index in [2.05, 4.69) is 5.32 Å². The van der Waals surface area contributed by atoms with Crippen molar-refractivity contribution in [1.82, 2.24) is 0 Å². The Kier molecular flexibility index (Phi) is 5.84. The summed E-state index contributed by atoms with van der Waals surface area (Å²) < 4.78 is 49.9. The first-order chi connectivity index (χ1) is 13.4. The maximum absolute atomic E-state index is 13.1. The van der Waals surface area contributed by atoms with Gasteiger partial charge in [-0.15, -0.1) is 0 Å². The van der Waals surface area contributed by atoms with Crippen molar-refractivity contribution in [3.05, 3.63) is 96.1 Å². The number of hydrogen-bond acceptors (Lipinski definition) is 3.